The van der Waals surface area contributed by atoms with Crippen LogP contribution in [0.15, 0.2) is 0 Å². The van der Waals surface area contributed by atoms with Crippen molar-refractivity contribution in [3.8, 4) is 0 Å². The van der Waals surface area contributed by atoms with Crippen molar-refractivity contribution in [2.45, 2.75) is 44.7 Å². The Hall–Kier alpha value is -0.260. The van der Waals surface area contributed by atoms with Gasteiger partial charge in [0, 0.05) is 11.9 Å². The van der Waals surface area contributed by atoms with Gasteiger partial charge in [0.2, 0.25) is 5.91 Å². The normalized spacial score (nSPS) is 20.0. The third kappa shape index (κ3) is 5.27. The van der Waals surface area contributed by atoms with Crippen molar-refractivity contribution in [2.24, 2.45) is 5.41 Å². The lowest BCUT2D eigenvalue weighted by atomic mass is 9.75. The molecule has 1 fully saturated rings. The molecule has 1 aliphatic rings. The fourth-order valence-electron chi connectivity index (χ4n) is 2.19. The number of nitrogens with one attached hydrogen (secondary N) is 1. The SMILES string of the molecule is O=C(CC(F)(F)F)NCC1(CBr)CCCCC1. The molecule has 1 amide bonds. The fraction of sp³-hybridized carbons (Fsp3) is 0.909. The highest BCUT2D eigenvalue weighted by Gasteiger charge is 2.34. The molecule has 0 atom stereocenters. The molecule has 0 saturated heterocycles. The number of amides is 1. The summed E-state index contributed by atoms with van der Waals surface area (Å²) < 4.78 is 35.9. The molecule has 100 valence electrons. The van der Waals surface area contributed by atoms with Gasteiger partial charge in [0.05, 0.1) is 0 Å². The number of carbonyl (C=O) groups is 1. The van der Waals surface area contributed by atoms with E-state index in [2.05, 4.69) is 21.2 Å². The Morgan fingerprint density at radius 1 is 1.24 bits per heavy atom. The molecule has 1 N–H and O–H groups in total. The molecule has 17 heavy (non-hydrogen) atoms. The first kappa shape index (κ1) is 14.8. The molecule has 0 aromatic carbocycles. The molecule has 0 bridgehead atoms. The Balaban J connectivity index is 2.39. The monoisotopic (exact) mass is 315 g/mol. The summed E-state index contributed by atoms with van der Waals surface area (Å²) in [5, 5.41) is 3.14. The maximum absolute atomic E-state index is 12.0. The number of alkyl halides is 4. The Bertz CT molecular complexity index is 262. The molecule has 0 unspecified atom stereocenters. The molecule has 2 nitrogen and oxygen atoms in total. The van der Waals surface area contributed by atoms with Crippen LogP contribution >= 0.6 is 15.9 Å². The summed E-state index contributed by atoms with van der Waals surface area (Å²) >= 11 is 3.41. The Labute approximate surface area is 107 Å². The maximum Gasteiger partial charge on any atom is 0.397 e. The Morgan fingerprint density at radius 2 is 1.82 bits per heavy atom. The third-order valence-electron chi connectivity index (χ3n) is 3.22. The molecule has 0 heterocycles. The lowest BCUT2D eigenvalue weighted by Gasteiger charge is -2.35. The summed E-state index contributed by atoms with van der Waals surface area (Å²) in [6, 6.07) is 0. The van der Waals surface area contributed by atoms with Gasteiger partial charge in [0.1, 0.15) is 6.42 Å². The summed E-state index contributed by atoms with van der Waals surface area (Å²) in [5.41, 5.74) is -0.0560. The van der Waals surface area contributed by atoms with Crippen LogP contribution in [-0.4, -0.2) is 24.0 Å². The first-order valence-corrected chi connectivity index (χ1v) is 6.88. The van der Waals surface area contributed by atoms with E-state index in [1.165, 1.54) is 6.42 Å². The second kappa shape index (κ2) is 6.07. The number of halogens is 4. The average molecular weight is 316 g/mol. The van der Waals surface area contributed by atoms with Crippen LogP contribution in [0.4, 0.5) is 13.2 Å². The van der Waals surface area contributed by atoms with Gasteiger partial charge in [-0.15, -0.1) is 0 Å². The standard InChI is InChI=1S/C11H17BrF3NO/c12-7-10(4-2-1-3-5-10)8-16-9(17)6-11(13,14)15/h1-8H2,(H,16,17). The molecule has 1 rings (SSSR count). The third-order valence-corrected chi connectivity index (χ3v) is 4.41. The summed E-state index contributed by atoms with van der Waals surface area (Å²) in [6.45, 7) is 0.340. The summed E-state index contributed by atoms with van der Waals surface area (Å²) in [7, 11) is 0. The van der Waals surface area contributed by atoms with Crippen LogP contribution in [0.5, 0.6) is 0 Å². The predicted molar refractivity (Wildman–Crippen MR) is 63.0 cm³/mol. The fourth-order valence-corrected chi connectivity index (χ4v) is 2.95. The maximum atomic E-state index is 12.0. The number of carbonyl (C=O) groups excluding carboxylic acids is 1. The van der Waals surface area contributed by atoms with Gasteiger partial charge in [-0.2, -0.15) is 13.2 Å². The molecule has 0 aliphatic heterocycles. The Morgan fingerprint density at radius 3 is 2.29 bits per heavy atom. The van der Waals surface area contributed by atoms with Gasteiger partial charge in [0.15, 0.2) is 0 Å². The quantitative estimate of drug-likeness (QED) is 0.791. The lowest BCUT2D eigenvalue weighted by Crippen LogP contribution is -2.41. The van der Waals surface area contributed by atoms with Crippen LogP contribution in [0.3, 0.4) is 0 Å². The minimum atomic E-state index is -4.42. The second-order valence-corrected chi connectivity index (χ2v) is 5.32. The van der Waals surface area contributed by atoms with E-state index >= 15 is 0 Å². The van der Waals surface area contributed by atoms with Crippen molar-refractivity contribution < 1.29 is 18.0 Å². The van der Waals surface area contributed by atoms with E-state index in [1.54, 1.807) is 0 Å². The molecule has 0 spiro atoms. The van der Waals surface area contributed by atoms with Gasteiger partial charge in [-0.3, -0.25) is 4.79 Å². The van der Waals surface area contributed by atoms with Crippen LogP contribution < -0.4 is 5.32 Å². The molecule has 0 radical (unpaired) electrons. The van der Waals surface area contributed by atoms with Gasteiger partial charge >= 0.3 is 6.18 Å². The largest absolute Gasteiger partial charge is 0.397 e. The van der Waals surface area contributed by atoms with Crippen molar-refractivity contribution in [1.82, 2.24) is 5.32 Å². The minimum Gasteiger partial charge on any atom is -0.355 e. The van der Waals surface area contributed by atoms with E-state index in [0.29, 0.717) is 6.54 Å². The Kier molecular flexibility index (Phi) is 5.28. The van der Waals surface area contributed by atoms with E-state index in [4.69, 9.17) is 0 Å². The van der Waals surface area contributed by atoms with E-state index in [0.717, 1.165) is 31.0 Å². The zero-order chi connectivity index (χ0) is 12.9. The van der Waals surface area contributed by atoms with Crippen LogP contribution in [0.1, 0.15) is 38.5 Å². The van der Waals surface area contributed by atoms with Crippen molar-refractivity contribution in [1.29, 1.82) is 0 Å². The smallest absolute Gasteiger partial charge is 0.355 e. The van der Waals surface area contributed by atoms with E-state index < -0.39 is 18.5 Å². The van der Waals surface area contributed by atoms with Gasteiger partial charge in [-0.25, -0.2) is 0 Å². The summed E-state index contributed by atoms with van der Waals surface area (Å²) in [6.07, 6.45) is -0.536. The minimum absolute atomic E-state index is 0.0560. The predicted octanol–water partition coefficient (Wildman–Crippen LogP) is 3.40. The molecular weight excluding hydrogens is 299 g/mol. The lowest BCUT2D eigenvalue weighted by molar-refractivity contribution is -0.154. The van der Waals surface area contributed by atoms with Gasteiger partial charge in [-0.1, -0.05) is 35.2 Å². The average Bonchev–Trinajstić information content (AvgIpc) is 2.25. The van der Waals surface area contributed by atoms with E-state index in [1.807, 2.05) is 0 Å². The highest BCUT2D eigenvalue weighted by atomic mass is 79.9. The van der Waals surface area contributed by atoms with Crippen molar-refractivity contribution >= 4 is 21.8 Å². The van der Waals surface area contributed by atoms with Crippen LogP contribution in [0.2, 0.25) is 0 Å². The van der Waals surface area contributed by atoms with E-state index in [-0.39, 0.29) is 5.41 Å². The highest BCUT2D eigenvalue weighted by molar-refractivity contribution is 9.09. The van der Waals surface area contributed by atoms with Crippen molar-refractivity contribution in [3.05, 3.63) is 0 Å². The number of rotatable bonds is 4. The first-order valence-electron chi connectivity index (χ1n) is 5.76. The van der Waals surface area contributed by atoms with Gasteiger partial charge in [0.25, 0.3) is 0 Å². The molecule has 0 aromatic heterocycles. The highest BCUT2D eigenvalue weighted by Crippen LogP contribution is 2.37. The molecular formula is C11H17BrF3NO. The second-order valence-electron chi connectivity index (χ2n) is 4.76. The van der Waals surface area contributed by atoms with Crippen LogP contribution in [0.25, 0.3) is 0 Å². The van der Waals surface area contributed by atoms with Crippen LogP contribution in [-0.2, 0) is 4.79 Å². The molecule has 1 aliphatic carbocycles. The van der Waals surface area contributed by atoms with E-state index in [9.17, 15) is 18.0 Å². The number of hydrogen-bond acceptors (Lipinski definition) is 1. The van der Waals surface area contributed by atoms with Gasteiger partial charge < -0.3 is 5.32 Å². The topological polar surface area (TPSA) is 29.1 Å². The summed E-state index contributed by atoms with van der Waals surface area (Å²) in [5.74, 6) is -0.927. The molecule has 0 aromatic rings. The zero-order valence-electron chi connectivity index (χ0n) is 9.58. The van der Waals surface area contributed by atoms with Crippen LogP contribution in [0, 0.1) is 5.41 Å². The zero-order valence-corrected chi connectivity index (χ0v) is 11.2. The summed E-state index contributed by atoms with van der Waals surface area (Å²) in [4.78, 5) is 11.1. The molecule has 6 heteroatoms. The van der Waals surface area contributed by atoms with Crippen molar-refractivity contribution in [2.75, 3.05) is 11.9 Å². The number of hydrogen-bond donors (Lipinski definition) is 1. The first-order chi connectivity index (χ1) is 7.87. The molecule has 1 saturated carbocycles. The van der Waals surface area contributed by atoms with Gasteiger partial charge in [-0.05, 0) is 18.3 Å². The van der Waals surface area contributed by atoms with Crippen molar-refractivity contribution in [3.63, 3.8) is 0 Å².